The highest BCUT2D eigenvalue weighted by atomic mass is 79.9. The van der Waals surface area contributed by atoms with Crippen LogP contribution >= 0.6 is 15.9 Å². The fourth-order valence-electron chi connectivity index (χ4n) is 2.45. The van der Waals surface area contributed by atoms with Gasteiger partial charge in [0, 0.05) is 21.3 Å². The maximum Gasteiger partial charge on any atom is 0.261 e. The van der Waals surface area contributed by atoms with E-state index in [2.05, 4.69) is 21.2 Å². The maximum absolute atomic E-state index is 12.3. The van der Waals surface area contributed by atoms with Gasteiger partial charge in [-0.2, -0.15) is 0 Å². The standard InChI is InChI=1S/C16H12BrNO3/c17-11-7-5-10(6-8-11)14(19)9-16(21)12-3-1-2-4-13(12)18-15(16)20/h1-8,21H,9H2,(H,18,20)/t16-/m0/s1. The van der Waals surface area contributed by atoms with E-state index in [0.717, 1.165) is 4.47 Å². The topological polar surface area (TPSA) is 66.4 Å². The first-order valence-electron chi connectivity index (χ1n) is 6.43. The number of nitrogens with one attached hydrogen (secondary N) is 1. The number of fused-ring (bicyclic) bond motifs is 1. The van der Waals surface area contributed by atoms with E-state index in [0.29, 0.717) is 16.8 Å². The second kappa shape index (κ2) is 5.09. The zero-order valence-electron chi connectivity index (χ0n) is 11.0. The number of anilines is 1. The minimum Gasteiger partial charge on any atom is -0.375 e. The molecule has 2 aromatic carbocycles. The summed E-state index contributed by atoms with van der Waals surface area (Å²) in [5.74, 6) is -0.842. The van der Waals surface area contributed by atoms with Crippen LogP contribution in [0.3, 0.4) is 0 Å². The van der Waals surface area contributed by atoms with Crippen LogP contribution in [0.25, 0.3) is 0 Å². The Morgan fingerprint density at radius 1 is 1.14 bits per heavy atom. The van der Waals surface area contributed by atoms with Gasteiger partial charge in [0.2, 0.25) is 0 Å². The molecule has 1 heterocycles. The van der Waals surface area contributed by atoms with Crippen molar-refractivity contribution in [3.05, 3.63) is 64.1 Å². The lowest BCUT2D eigenvalue weighted by molar-refractivity contribution is -0.133. The van der Waals surface area contributed by atoms with E-state index in [1.165, 1.54) is 0 Å². The van der Waals surface area contributed by atoms with Crippen molar-refractivity contribution in [1.82, 2.24) is 0 Å². The lowest BCUT2D eigenvalue weighted by Gasteiger charge is -2.19. The molecule has 1 aliphatic heterocycles. The molecule has 0 unspecified atom stereocenters. The van der Waals surface area contributed by atoms with Crippen LogP contribution in [0.5, 0.6) is 0 Å². The number of carbonyl (C=O) groups excluding carboxylic acids is 2. The van der Waals surface area contributed by atoms with E-state index in [1.54, 1.807) is 48.5 Å². The fraction of sp³-hybridized carbons (Fsp3) is 0.125. The average molecular weight is 346 g/mol. The summed E-state index contributed by atoms with van der Waals surface area (Å²) in [5.41, 5.74) is -0.348. The number of aliphatic hydroxyl groups is 1. The van der Waals surface area contributed by atoms with Crippen molar-refractivity contribution in [3.63, 3.8) is 0 Å². The molecule has 2 aromatic rings. The summed E-state index contributed by atoms with van der Waals surface area (Å²) in [5, 5.41) is 13.3. The van der Waals surface area contributed by atoms with Gasteiger partial charge in [0.05, 0.1) is 6.42 Å². The van der Waals surface area contributed by atoms with Crippen LogP contribution in [0.1, 0.15) is 22.3 Å². The summed E-state index contributed by atoms with van der Waals surface area (Å²) in [6.45, 7) is 0. The molecule has 0 aliphatic carbocycles. The van der Waals surface area contributed by atoms with Gasteiger partial charge in [0.1, 0.15) is 0 Å². The van der Waals surface area contributed by atoms with E-state index in [9.17, 15) is 14.7 Å². The van der Waals surface area contributed by atoms with Crippen molar-refractivity contribution >= 4 is 33.3 Å². The molecule has 0 spiro atoms. The molecule has 0 aromatic heterocycles. The van der Waals surface area contributed by atoms with Crippen molar-refractivity contribution in [1.29, 1.82) is 0 Å². The highest BCUT2D eigenvalue weighted by Crippen LogP contribution is 2.38. The minimum atomic E-state index is -1.80. The van der Waals surface area contributed by atoms with Crippen molar-refractivity contribution in [2.24, 2.45) is 0 Å². The Morgan fingerprint density at radius 3 is 2.52 bits per heavy atom. The molecule has 3 rings (SSSR count). The van der Waals surface area contributed by atoms with Gasteiger partial charge in [-0.25, -0.2) is 0 Å². The third-order valence-electron chi connectivity index (χ3n) is 3.58. The number of Topliss-reactive ketones (excluding diaryl/α,β-unsaturated/α-hetero) is 1. The van der Waals surface area contributed by atoms with Gasteiger partial charge in [-0.15, -0.1) is 0 Å². The second-order valence-corrected chi connectivity index (χ2v) is 5.88. The van der Waals surface area contributed by atoms with Crippen molar-refractivity contribution in [3.8, 4) is 0 Å². The Hall–Kier alpha value is -1.98. The Bertz CT molecular complexity index is 727. The van der Waals surface area contributed by atoms with Gasteiger partial charge in [0.15, 0.2) is 11.4 Å². The Balaban J connectivity index is 1.92. The average Bonchev–Trinajstić information content (AvgIpc) is 2.71. The molecule has 106 valence electrons. The van der Waals surface area contributed by atoms with Crippen LogP contribution in [0.2, 0.25) is 0 Å². The van der Waals surface area contributed by atoms with Crippen molar-refractivity contribution in [2.75, 3.05) is 5.32 Å². The highest BCUT2D eigenvalue weighted by molar-refractivity contribution is 9.10. The molecular weight excluding hydrogens is 334 g/mol. The van der Waals surface area contributed by atoms with Crippen LogP contribution in [0.4, 0.5) is 5.69 Å². The van der Waals surface area contributed by atoms with E-state index >= 15 is 0 Å². The number of rotatable bonds is 3. The Kier molecular flexibility index (Phi) is 3.39. The predicted molar refractivity (Wildman–Crippen MR) is 82.1 cm³/mol. The largest absolute Gasteiger partial charge is 0.375 e. The van der Waals surface area contributed by atoms with Crippen molar-refractivity contribution in [2.45, 2.75) is 12.0 Å². The van der Waals surface area contributed by atoms with Gasteiger partial charge in [-0.1, -0.05) is 46.3 Å². The van der Waals surface area contributed by atoms with E-state index in [-0.39, 0.29) is 12.2 Å². The Morgan fingerprint density at radius 2 is 1.81 bits per heavy atom. The summed E-state index contributed by atoms with van der Waals surface area (Å²) < 4.78 is 0.863. The van der Waals surface area contributed by atoms with Gasteiger partial charge in [-0.05, 0) is 18.2 Å². The number of hydrogen-bond donors (Lipinski definition) is 2. The second-order valence-electron chi connectivity index (χ2n) is 4.97. The third kappa shape index (κ3) is 2.39. The summed E-state index contributed by atoms with van der Waals surface area (Å²) in [4.78, 5) is 24.4. The first kappa shape index (κ1) is 14.0. The molecule has 5 heteroatoms. The summed E-state index contributed by atoms with van der Waals surface area (Å²) in [6, 6.07) is 13.7. The monoisotopic (exact) mass is 345 g/mol. The van der Waals surface area contributed by atoms with E-state index < -0.39 is 11.5 Å². The van der Waals surface area contributed by atoms with Gasteiger partial charge in [-0.3, -0.25) is 9.59 Å². The molecule has 1 atom stereocenters. The molecule has 0 radical (unpaired) electrons. The lowest BCUT2D eigenvalue weighted by atomic mass is 9.88. The molecule has 0 saturated heterocycles. The SMILES string of the molecule is O=C(C[C@@]1(O)C(=O)Nc2ccccc21)c1ccc(Br)cc1. The molecule has 21 heavy (non-hydrogen) atoms. The number of hydrogen-bond acceptors (Lipinski definition) is 3. The zero-order valence-corrected chi connectivity index (χ0v) is 12.6. The molecular formula is C16H12BrNO3. The third-order valence-corrected chi connectivity index (χ3v) is 4.11. The van der Waals surface area contributed by atoms with Gasteiger partial charge < -0.3 is 10.4 Å². The first-order chi connectivity index (χ1) is 10.0. The molecule has 0 saturated carbocycles. The maximum atomic E-state index is 12.3. The first-order valence-corrected chi connectivity index (χ1v) is 7.22. The molecule has 4 nitrogen and oxygen atoms in total. The number of para-hydroxylation sites is 1. The number of ketones is 1. The van der Waals surface area contributed by atoms with Crippen LogP contribution < -0.4 is 5.32 Å². The Labute approximate surface area is 129 Å². The van der Waals surface area contributed by atoms with Crippen LogP contribution in [-0.4, -0.2) is 16.8 Å². The lowest BCUT2D eigenvalue weighted by Crippen LogP contribution is -2.36. The molecule has 2 N–H and O–H groups in total. The quantitative estimate of drug-likeness (QED) is 0.840. The minimum absolute atomic E-state index is 0.280. The molecule has 1 aliphatic rings. The normalized spacial score (nSPS) is 20.0. The summed E-state index contributed by atoms with van der Waals surface area (Å²) in [6.07, 6.45) is -0.280. The predicted octanol–water partition coefficient (Wildman–Crippen LogP) is 2.86. The number of halogens is 1. The number of amides is 1. The fourth-order valence-corrected chi connectivity index (χ4v) is 2.71. The van der Waals surface area contributed by atoms with Gasteiger partial charge in [0.25, 0.3) is 5.91 Å². The molecule has 1 amide bonds. The summed E-state index contributed by atoms with van der Waals surface area (Å²) >= 11 is 3.30. The van der Waals surface area contributed by atoms with Crippen LogP contribution in [0, 0.1) is 0 Å². The number of carbonyl (C=O) groups is 2. The van der Waals surface area contributed by atoms with E-state index in [4.69, 9.17) is 0 Å². The zero-order chi connectivity index (χ0) is 15.0. The van der Waals surface area contributed by atoms with Gasteiger partial charge >= 0.3 is 0 Å². The smallest absolute Gasteiger partial charge is 0.261 e. The molecule has 0 fully saturated rings. The van der Waals surface area contributed by atoms with Crippen LogP contribution in [0.15, 0.2) is 53.0 Å². The van der Waals surface area contributed by atoms with E-state index in [1.807, 2.05) is 0 Å². The highest BCUT2D eigenvalue weighted by Gasteiger charge is 2.46. The molecule has 0 bridgehead atoms. The summed E-state index contributed by atoms with van der Waals surface area (Å²) in [7, 11) is 0. The van der Waals surface area contributed by atoms with Crippen molar-refractivity contribution < 1.29 is 14.7 Å². The van der Waals surface area contributed by atoms with Crippen LogP contribution in [-0.2, 0) is 10.4 Å². The number of benzene rings is 2.